The van der Waals surface area contributed by atoms with Crippen molar-refractivity contribution in [2.75, 3.05) is 6.61 Å². The van der Waals surface area contributed by atoms with Gasteiger partial charge in [0, 0.05) is 39.8 Å². The van der Waals surface area contributed by atoms with Crippen LogP contribution in [-0.4, -0.2) is 37.2 Å². The Kier molecular flexibility index (Phi) is 8.82. The Morgan fingerprint density at radius 2 is 1.92 bits per heavy atom. The van der Waals surface area contributed by atoms with Gasteiger partial charge in [-0.05, 0) is 61.9 Å². The van der Waals surface area contributed by atoms with Crippen molar-refractivity contribution in [3.63, 3.8) is 0 Å². The Labute approximate surface area is 283 Å². The average molecular weight is 708 g/mol. The van der Waals surface area contributed by atoms with Crippen LogP contribution in [0.25, 0.3) is 32.2 Å². The number of nitrogens with zero attached hydrogens (tertiary/aromatic N) is 5. The smallest absolute Gasteiger partial charge is 0.416 e. The zero-order valence-electron chi connectivity index (χ0n) is 25.5. The van der Waals surface area contributed by atoms with Crippen molar-refractivity contribution in [1.82, 2.24) is 19.5 Å². The number of fused-ring (bicyclic) bond motifs is 2. The predicted molar refractivity (Wildman–Crippen MR) is 175 cm³/mol. The van der Waals surface area contributed by atoms with E-state index in [-0.39, 0.29) is 41.1 Å². The molecule has 0 radical (unpaired) electrons. The van der Waals surface area contributed by atoms with Crippen molar-refractivity contribution in [3.05, 3.63) is 115 Å². The summed E-state index contributed by atoms with van der Waals surface area (Å²) in [6.45, 7) is 2.94. The lowest BCUT2D eigenvalue weighted by molar-refractivity contribution is -0.138. The topological polar surface area (TPSA) is 131 Å². The maximum Gasteiger partial charge on any atom is 0.416 e. The molecule has 9 nitrogen and oxygen atoms in total. The van der Waals surface area contributed by atoms with Crippen LogP contribution in [0.5, 0.6) is 5.75 Å². The number of aromatic carboxylic acids is 1. The molecule has 6 rings (SSSR count). The van der Waals surface area contributed by atoms with Crippen LogP contribution in [-0.2, 0) is 19.1 Å². The summed E-state index contributed by atoms with van der Waals surface area (Å²) >= 11 is 7.55. The zero-order valence-corrected chi connectivity index (χ0v) is 27.1. The summed E-state index contributed by atoms with van der Waals surface area (Å²) in [7, 11) is 0. The molecule has 0 bridgehead atoms. The molecule has 0 spiro atoms. The number of rotatable bonds is 8. The quantitative estimate of drug-likeness (QED) is 0.159. The number of pyridine rings is 2. The Morgan fingerprint density at radius 1 is 1.14 bits per heavy atom. The Balaban J connectivity index is 1.40. The summed E-state index contributed by atoms with van der Waals surface area (Å²) in [5.41, 5.74) is -1.70. The van der Waals surface area contributed by atoms with E-state index in [9.17, 15) is 37.5 Å². The van der Waals surface area contributed by atoms with Crippen LogP contribution in [0.4, 0.5) is 17.6 Å². The number of hydrogen-bond donors (Lipinski definition) is 1. The molecule has 6 aromatic rings. The molecule has 0 fully saturated rings. The van der Waals surface area contributed by atoms with Gasteiger partial charge in [0.05, 0.1) is 50.0 Å². The van der Waals surface area contributed by atoms with Gasteiger partial charge in [0.15, 0.2) is 0 Å². The fourth-order valence-corrected chi connectivity index (χ4v) is 6.83. The van der Waals surface area contributed by atoms with Crippen LogP contribution in [0.1, 0.15) is 44.3 Å². The van der Waals surface area contributed by atoms with Crippen LogP contribution in [0.3, 0.4) is 0 Å². The van der Waals surface area contributed by atoms with Crippen LogP contribution in [0.15, 0.2) is 58.8 Å². The van der Waals surface area contributed by atoms with Crippen LogP contribution >= 0.6 is 22.9 Å². The first kappa shape index (κ1) is 33.5. The molecule has 4 aromatic heterocycles. The van der Waals surface area contributed by atoms with E-state index in [2.05, 4.69) is 15.0 Å². The number of ether oxygens (including phenoxy) is 1. The van der Waals surface area contributed by atoms with Gasteiger partial charge in [-0.15, -0.1) is 11.3 Å². The van der Waals surface area contributed by atoms with E-state index in [1.165, 1.54) is 40.5 Å². The van der Waals surface area contributed by atoms with Gasteiger partial charge in [0.25, 0.3) is 5.56 Å². The minimum atomic E-state index is -4.94. The van der Waals surface area contributed by atoms with Crippen molar-refractivity contribution in [1.29, 1.82) is 5.26 Å². The van der Waals surface area contributed by atoms with Crippen molar-refractivity contribution in [2.24, 2.45) is 0 Å². The minimum absolute atomic E-state index is 0.0560. The molecule has 0 atom stereocenters. The first-order valence-electron chi connectivity index (χ1n) is 14.5. The predicted octanol–water partition coefficient (Wildman–Crippen LogP) is 7.74. The molecular formula is C34H22ClF4N5O4S. The van der Waals surface area contributed by atoms with Gasteiger partial charge < -0.3 is 9.84 Å². The third-order valence-electron chi connectivity index (χ3n) is 7.83. The van der Waals surface area contributed by atoms with Gasteiger partial charge in [-0.3, -0.25) is 19.3 Å². The highest BCUT2D eigenvalue weighted by atomic mass is 35.5. The molecule has 0 unspecified atom stereocenters. The average Bonchev–Trinajstić information content (AvgIpc) is 3.47. The Hall–Kier alpha value is -5.39. The van der Waals surface area contributed by atoms with Crippen LogP contribution in [0.2, 0.25) is 5.02 Å². The maximum absolute atomic E-state index is 14.5. The lowest BCUT2D eigenvalue weighted by atomic mass is 9.93. The summed E-state index contributed by atoms with van der Waals surface area (Å²) in [5.74, 6) is -1.55. The van der Waals surface area contributed by atoms with E-state index in [1.54, 1.807) is 37.3 Å². The zero-order chi connectivity index (χ0) is 35.2. The summed E-state index contributed by atoms with van der Waals surface area (Å²) in [6, 6.07) is 11.4. The fourth-order valence-electron chi connectivity index (χ4n) is 5.64. The Morgan fingerprint density at radius 3 is 2.61 bits per heavy atom. The van der Waals surface area contributed by atoms with E-state index in [4.69, 9.17) is 16.3 Å². The van der Waals surface area contributed by atoms with Gasteiger partial charge in [-0.1, -0.05) is 11.6 Å². The number of hydrogen-bond acceptors (Lipinski definition) is 8. The largest absolute Gasteiger partial charge is 0.491 e. The van der Waals surface area contributed by atoms with E-state index < -0.39 is 46.6 Å². The molecule has 0 saturated heterocycles. The number of thiophene rings is 1. The second-order valence-corrected chi connectivity index (χ2v) is 12.3. The number of alkyl halides is 3. The highest BCUT2D eigenvalue weighted by molar-refractivity contribution is 7.18. The van der Waals surface area contributed by atoms with Crippen LogP contribution in [0, 0.1) is 31.0 Å². The van der Waals surface area contributed by atoms with Gasteiger partial charge in [0.2, 0.25) is 0 Å². The molecule has 4 heterocycles. The first-order valence-corrected chi connectivity index (χ1v) is 15.7. The third-order valence-corrected chi connectivity index (χ3v) is 9.07. The Bertz CT molecular complexity index is 2420. The number of halogens is 5. The summed E-state index contributed by atoms with van der Waals surface area (Å²) < 4.78 is 65.1. The van der Waals surface area contributed by atoms with Crippen LogP contribution < -0.4 is 10.3 Å². The lowest BCUT2D eigenvalue weighted by Crippen LogP contribution is -2.28. The van der Waals surface area contributed by atoms with Crippen molar-refractivity contribution in [2.45, 2.75) is 33.0 Å². The van der Waals surface area contributed by atoms with Gasteiger partial charge in [0.1, 0.15) is 30.1 Å². The molecule has 0 aliphatic carbocycles. The SMILES string of the molecule is Cc1cc(-c2cc(Cl)ccc2OCCn2c(C)nc3cc(C(F)(F)F)c(Cc4ncccc4F)c(C#N)c3c2=O)c2scc(C(=O)O)c2n1. The normalized spacial score (nSPS) is 11.6. The monoisotopic (exact) mass is 707 g/mol. The van der Waals surface area contributed by atoms with Gasteiger partial charge in [-0.25, -0.2) is 14.2 Å². The standard InChI is InChI=1S/C34H22ClF4N5O4S/c1-16-10-21(31-30(42-16)23(15-49-31)33(46)47)20-11-18(35)5-6-28(20)48-9-8-44-17(2)43-27-13-24(34(37,38)39)19(22(14-40)29(27)32(44)45)12-26-25(36)4-3-7-41-26/h3-7,10-11,13,15H,8-9,12H2,1-2H3,(H,46,47). The number of aryl methyl sites for hydroxylation is 2. The molecule has 2 aromatic carbocycles. The highest BCUT2D eigenvalue weighted by Crippen LogP contribution is 2.41. The first-order chi connectivity index (χ1) is 23.3. The molecule has 0 aliphatic rings. The minimum Gasteiger partial charge on any atom is -0.491 e. The molecule has 0 aliphatic heterocycles. The molecule has 248 valence electrons. The van der Waals surface area contributed by atoms with Crippen molar-refractivity contribution >= 4 is 50.0 Å². The summed E-state index contributed by atoms with van der Waals surface area (Å²) in [6.07, 6.45) is -4.41. The summed E-state index contributed by atoms with van der Waals surface area (Å²) in [4.78, 5) is 38.1. The van der Waals surface area contributed by atoms with Gasteiger partial charge in [-0.2, -0.15) is 18.4 Å². The maximum atomic E-state index is 14.5. The number of aromatic nitrogens is 4. The molecular weight excluding hydrogens is 686 g/mol. The fraction of sp³-hybridized carbons (Fsp3) is 0.176. The van der Waals surface area contributed by atoms with Crippen molar-refractivity contribution in [3.8, 4) is 22.9 Å². The van der Waals surface area contributed by atoms with E-state index in [0.717, 1.165) is 6.07 Å². The highest BCUT2D eigenvalue weighted by Gasteiger charge is 2.36. The molecule has 15 heteroatoms. The molecule has 49 heavy (non-hydrogen) atoms. The van der Waals surface area contributed by atoms with Crippen molar-refractivity contribution < 1.29 is 32.2 Å². The molecule has 0 saturated carbocycles. The number of carboxylic acid groups (broad SMARTS) is 1. The van der Waals surface area contributed by atoms with Gasteiger partial charge >= 0.3 is 12.1 Å². The number of nitriles is 1. The molecule has 0 amide bonds. The number of carbonyl (C=O) groups is 1. The number of benzene rings is 2. The lowest BCUT2D eigenvalue weighted by Gasteiger charge is -2.18. The number of carboxylic acids is 1. The van der Waals surface area contributed by atoms with E-state index in [1.807, 2.05) is 0 Å². The second-order valence-electron chi connectivity index (χ2n) is 10.9. The summed E-state index contributed by atoms with van der Waals surface area (Å²) in [5, 5.41) is 21.2. The molecule has 1 N–H and O–H groups in total. The van der Waals surface area contributed by atoms with E-state index in [0.29, 0.717) is 43.9 Å². The third kappa shape index (κ3) is 6.30. The van der Waals surface area contributed by atoms with E-state index >= 15 is 0 Å². The second kappa shape index (κ2) is 12.9.